The predicted octanol–water partition coefficient (Wildman–Crippen LogP) is 2.61. The molecule has 0 spiro atoms. The van der Waals surface area contributed by atoms with Crippen LogP contribution in [0.3, 0.4) is 0 Å². The number of halogens is 1. The van der Waals surface area contributed by atoms with Crippen LogP contribution in [0.4, 0.5) is 26.4 Å². The molecule has 11 heteroatoms. The van der Waals surface area contributed by atoms with Gasteiger partial charge in [0.2, 0.25) is 5.88 Å². The monoisotopic (exact) mass is 475 g/mol. The average Bonchev–Trinajstić information content (AvgIpc) is 3.28. The highest BCUT2D eigenvalue weighted by atomic mass is 19.1. The van der Waals surface area contributed by atoms with E-state index >= 15 is 4.39 Å². The van der Waals surface area contributed by atoms with Crippen molar-refractivity contribution < 1.29 is 18.7 Å². The van der Waals surface area contributed by atoms with Crippen LogP contribution in [0.1, 0.15) is 5.56 Å². The number of carbonyl (C=O) groups is 1. The van der Waals surface area contributed by atoms with Crippen LogP contribution in [0.15, 0.2) is 55.1 Å². The molecular weight excluding hydrogens is 453 g/mol. The lowest BCUT2D eigenvalue weighted by Crippen LogP contribution is -2.47. The SMILES string of the molecule is N#Cc1ccc(N2CCN(c3ccc(N4C[C@H](COc5ccncn5)OC4=O)cc3F)CC2)nc1. The van der Waals surface area contributed by atoms with Gasteiger partial charge in [-0.2, -0.15) is 5.26 Å². The van der Waals surface area contributed by atoms with Crippen molar-refractivity contribution in [1.82, 2.24) is 15.0 Å². The van der Waals surface area contributed by atoms with Crippen molar-refractivity contribution in [3.8, 4) is 11.9 Å². The van der Waals surface area contributed by atoms with Crippen molar-refractivity contribution in [1.29, 1.82) is 5.26 Å². The molecule has 5 rings (SSSR count). The Hall–Kier alpha value is -4.46. The van der Waals surface area contributed by atoms with Gasteiger partial charge < -0.3 is 19.3 Å². The van der Waals surface area contributed by atoms with Gasteiger partial charge in [-0.3, -0.25) is 4.90 Å². The van der Waals surface area contributed by atoms with Crippen LogP contribution in [-0.4, -0.2) is 66.5 Å². The van der Waals surface area contributed by atoms with Crippen LogP contribution in [0.5, 0.6) is 5.88 Å². The van der Waals surface area contributed by atoms with Crippen LogP contribution in [0.25, 0.3) is 0 Å². The first-order valence-corrected chi connectivity index (χ1v) is 11.1. The Morgan fingerprint density at radius 3 is 2.63 bits per heavy atom. The summed E-state index contributed by atoms with van der Waals surface area (Å²) in [7, 11) is 0. The summed E-state index contributed by atoms with van der Waals surface area (Å²) in [6, 6.07) is 12.0. The van der Waals surface area contributed by atoms with Crippen molar-refractivity contribution in [3.63, 3.8) is 0 Å². The van der Waals surface area contributed by atoms with Gasteiger partial charge in [0.1, 0.15) is 30.6 Å². The van der Waals surface area contributed by atoms with Gasteiger partial charge in [0.05, 0.1) is 23.5 Å². The number of carbonyl (C=O) groups excluding carboxylic acids is 1. The number of aromatic nitrogens is 3. The number of pyridine rings is 1. The van der Waals surface area contributed by atoms with E-state index in [1.165, 1.54) is 17.3 Å². The lowest BCUT2D eigenvalue weighted by atomic mass is 10.2. The summed E-state index contributed by atoms with van der Waals surface area (Å²) in [6.45, 7) is 2.97. The molecule has 0 radical (unpaired) electrons. The molecule has 2 fully saturated rings. The number of rotatable bonds is 6. The van der Waals surface area contributed by atoms with E-state index in [1.807, 2.05) is 11.0 Å². The number of nitriles is 1. The Bertz CT molecular complexity index is 1230. The lowest BCUT2D eigenvalue weighted by Gasteiger charge is -2.37. The second kappa shape index (κ2) is 9.80. The van der Waals surface area contributed by atoms with Gasteiger partial charge in [-0.05, 0) is 30.3 Å². The van der Waals surface area contributed by atoms with E-state index in [0.29, 0.717) is 49.0 Å². The molecule has 0 N–H and O–H groups in total. The minimum Gasteiger partial charge on any atom is -0.474 e. The van der Waals surface area contributed by atoms with Crippen LogP contribution < -0.4 is 19.4 Å². The molecule has 0 bridgehead atoms. The van der Waals surface area contributed by atoms with Crippen molar-refractivity contribution in [3.05, 3.63) is 66.5 Å². The zero-order valence-corrected chi connectivity index (χ0v) is 18.7. The quantitative estimate of drug-likeness (QED) is 0.532. The number of hydrogen-bond donors (Lipinski definition) is 0. The third kappa shape index (κ3) is 4.91. The van der Waals surface area contributed by atoms with Crippen molar-refractivity contribution in [2.24, 2.45) is 0 Å². The zero-order chi connectivity index (χ0) is 24.2. The molecule has 1 atom stereocenters. The molecule has 4 heterocycles. The predicted molar refractivity (Wildman–Crippen MR) is 125 cm³/mol. The van der Waals surface area contributed by atoms with Gasteiger partial charge in [0.25, 0.3) is 0 Å². The fourth-order valence-corrected chi connectivity index (χ4v) is 4.10. The van der Waals surface area contributed by atoms with E-state index in [1.54, 1.807) is 36.7 Å². The van der Waals surface area contributed by atoms with Crippen LogP contribution in [-0.2, 0) is 4.74 Å². The van der Waals surface area contributed by atoms with Crippen LogP contribution in [0.2, 0.25) is 0 Å². The summed E-state index contributed by atoms with van der Waals surface area (Å²) < 4.78 is 26.0. The molecular formula is C24H22FN7O3. The minimum absolute atomic E-state index is 0.137. The second-order valence-electron chi connectivity index (χ2n) is 8.10. The molecule has 2 aliphatic heterocycles. The molecule has 0 saturated carbocycles. The molecule has 0 unspecified atom stereocenters. The number of anilines is 3. The third-order valence-corrected chi connectivity index (χ3v) is 5.91. The third-order valence-electron chi connectivity index (χ3n) is 5.91. The number of amides is 1. The largest absolute Gasteiger partial charge is 0.474 e. The summed E-state index contributed by atoms with van der Waals surface area (Å²) in [4.78, 5) is 30.0. The lowest BCUT2D eigenvalue weighted by molar-refractivity contribution is 0.103. The maximum Gasteiger partial charge on any atom is 0.414 e. The number of benzene rings is 1. The number of ether oxygens (including phenoxy) is 2. The molecule has 0 aliphatic carbocycles. The number of hydrogen-bond acceptors (Lipinski definition) is 9. The maximum atomic E-state index is 15.1. The molecule has 10 nitrogen and oxygen atoms in total. The zero-order valence-electron chi connectivity index (χ0n) is 18.7. The molecule has 2 aliphatic rings. The van der Waals surface area contributed by atoms with Gasteiger partial charge in [-0.15, -0.1) is 0 Å². The second-order valence-corrected chi connectivity index (χ2v) is 8.10. The first-order chi connectivity index (χ1) is 17.1. The molecule has 3 aromatic rings. The highest BCUT2D eigenvalue weighted by Crippen LogP contribution is 2.29. The van der Waals surface area contributed by atoms with Crippen LogP contribution >= 0.6 is 0 Å². The number of nitrogens with zero attached hydrogens (tertiary/aromatic N) is 7. The summed E-state index contributed by atoms with van der Waals surface area (Å²) >= 11 is 0. The van der Waals surface area contributed by atoms with Gasteiger partial charge in [0.15, 0.2) is 6.10 Å². The minimum atomic E-state index is -0.544. The summed E-state index contributed by atoms with van der Waals surface area (Å²) in [5.41, 5.74) is 1.43. The van der Waals surface area contributed by atoms with E-state index in [4.69, 9.17) is 14.7 Å². The van der Waals surface area contributed by atoms with Gasteiger partial charge in [-0.25, -0.2) is 24.1 Å². The van der Waals surface area contributed by atoms with Gasteiger partial charge in [-0.1, -0.05) is 0 Å². The Balaban J connectivity index is 1.19. The molecule has 1 amide bonds. The first kappa shape index (κ1) is 22.3. The molecule has 1 aromatic carbocycles. The Morgan fingerprint density at radius 2 is 1.94 bits per heavy atom. The maximum absolute atomic E-state index is 15.1. The van der Waals surface area contributed by atoms with Crippen molar-refractivity contribution >= 4 is 23.3 Å². The first-order valence-electron chi connectivity index (χ1n) is 11.1. The summed E-state index contributed by atoms with van der Waals surface area (Å²) in [5, 5.41) is 8.92. The smallest absolute Gasteiger partial charge is 0.414 e. The number of piperazine rings is 1. The average molecular weight is 475 g/mol. The van der Waals surface area contributed by atoms with Crippen LogP contribution in [0, 0.1) is 17.1 Å². The Kier molecular flexibility index (Phi) is 6.26. The standard InChI is InChI=1S/C24H22FN7O3/c25-20-11-18(32-14-19(35-24(32)33)15-34-23-5-6-27-16-29-23)2-3-21(20)30-7-9-31(10-8-30)22-4-1-17(12-26)13-28-22/h1-6,11,13,16,19H,7-10,14-15H2/t19-/m1/s1. The fourth-order valence-electron chi connectivity index (χ4n) is 4.10. The molecule has 35 heavy (non-hydrogen) atoms. The van der Waals surface area contributed by atoms with E-state index in [-0.39, 0.29) is 13.2 Å². The Labute approximate surface area is 201 Å². The van der Waals surface area contributed by atoms with Crippen molar-refractivity contribution in [2.45, 2.75) is 6.10 Å². The van der Waals surface area contributed by atoms with E-state index in [9.17, 15) is 4.79 Å². The molecule has 2 aromatic heterocycles. The van der Waals surface area contributed by atoms with E-state index < -0.39 is 18.0 Å². The summed E-state index contributed by atoms with van der Waals surface area (Å²) in [5.74, 6) is 0.783. The topological polar surface area (TPSA) is 108 Å². The molecule has 178 valence electrons. The highest BCUT2D eigenvalue weighted by Gasteiger charge is 2.33. The molecule has 2 saturated heterocycles. The van der Waals surface area contributed by atoms with Gasteiger partial charge in [0, 0.05) is 44.6 Å². The van der Waals surface area contributed by atoms with Crippen molar-refractivity contribution in [2.75, 3.05) is 54.0 Å². The van der Waals surface area contributed by atoms with E-state index in [2.05, 4.69) is 25.9 Å². The highest BCUT2D eigenvalue weighted by molar-refractivity contribution is 5.90. The van der Waals surface area contributed by atoms with E-state index in [0.717, 1.165) is 5.82 Å². The summed E-state index contributed by atoms with van der Waals surface area (Å²) in [6.07, 6.45) is 3.44. The number of cyclic esters (lactones) is 1. The fraction of sp³-hybridized carbons (Fsp3) is 0.292. The van der Waals surface area contributed by atoms with Gasteiger partial charge >= 0.3 is 6.09 Å². The Morgan fingerprint density at radius 1 is 1.11 bits per heavy atom. The normalized spacial score (nSPS) is 17.8.